The first kappa shape index (κ1) is 15.0. The van der Waals surface area contributed by atoms with Crippen LogP contribution < -0.4 is 5.73 Å². The summed E-state index contributed by atoms with van der Waals surface area (Å²) in [5.41, 5.74) is 7.56. The molecule has 0 aromatic heterocycles. The zero-order valence-electron chi connectivity index (χ0n) is 11.8. The summed E-state index contributed by atoms with van der Waals surface area (Å²) in [6, 6.07) is 8.43. The van der Waals surface area contributed by atoms with E-state index in [1.165, 1.54) is 37.9 Å². The van der Waals surface area contributed by atoms with Crippen LogP contribution in [0.15, 0.2) is 28.7 Å². The van der Waals surface area contributed by atoms with Crippen molar-refractivity contribution in [2.24, 2.45) is 11.7 Å². The fourth-order valence-electron chi connectivity index (χ4n) is 2.53. The Hall–Kier alpha value is -0.380. The van der Waals surface area contributed by atoms with E-state index in [-0.39, 0.29) is 6.04 Å². The molecule has 1 fully saturated rings. The average Bonchev–Trinajstić information content (AvgIpc) is 3.20. The third-order valence-electron chi connectivity index (χ3n) is 3.81. The molecule has 0 spiro atoms. The van der Waals surface area contributed by atoms with Gasteiger partial charge in [0.25, 0.3) is 0 Å². The summed E-state index contributed by atoms with van der Waals surface area (Å²) >= 11 is 3.59. The van der Waals surface area contributed by atoms with Gasteiger partial charge >= 0.3 is 0 Å². The van der Waals surface area contributed by atoms with E-state index >= 15 is 0 Å². The van der Waals surface area contributed by atoms with Gasteiger partial charge < -0.3 is 10.6 Å². The van der Waals surface area contributed by atoms with Gasteiger partial charge in [0.15, 0.2) is 0 Å². The Morgan fingerprint density at radius 3 is 2.68 bits per heavy atom. The van der Waals surface area contributed by atoms with Gasteiger partial charge in [-0.3, -0.25) is 0 Å². The Bertz CT molecular complexity index is 390. The van der Waals surface area contributed by atoms with Gasteiger partial charge in [-0.05, 0) is 56.3 Å². The lowest BCUT2D eigenvalue weighted by molar-refractivity contribution is 0.253. The summed E-state index contributed by atoms with van der Waals surface area (Å²) in [4.78, 5) is 2.59. The van der Waals surface area contributed by atoms with Crippen LogP contribution in [0.4, 0.5) is 0 Å². The SMILES string of the molecule is CCCN(CCC(N)c1ccccc1Br)CC1CC1. The average molecular weight is 325 g/mol. The third kappa shape index (κ3) is 4.90. The van der Waals surface area contributed by atoms with E-state index in [4.69, 9.17) is 5.73 Å². The lowest BCUT2D eigenvalue weighted by Gasteiger charge is -2.23. The lowest BCUT2D eigenvalue weighted by Crippen LogP contribution is -2.30. The summed E-state index contributed by atoms with van der Waals surface area (Å²) in [5, 5.41) is 0. The molecule has 2 nitrogen and oxygen atoms in total. The molecular formula is C16H25BrN2. The van der Waals surface area contributed by atoms with Crippen molar-refractivity contribution in [3.8, 4) is 0 Å². The number of benzene rings is 1. The molecule has 0 aliphatic heterocycles. The minimum atomic E-state index is 0.133. The predicted molar refractivity (Wildman–Crippen MR) is 85.1 cm³/mol. The molecule has 0 heterocycles. The Labute approximate surface area is 125 Å². The van der Waals surface area contributed by atoms with Crippen LogP contribution in [0.1, 0.15) is 44.2 Å². The second-order valence-corrected chi connectivity index (χ2v) is 6.52. The summed E-state index contributed by atoms with van der Waals surface area (Å²) in [6.45, 7) is 5.86. The van der Waals surface area contributed by atoms with Crippen LogP contribution in [0.5, 0.6) is 0 Å². The van der Waals surface area contributed by atoms with Crippen LogP contribution >= 0.6 is 15.9 Å². The van der Waals surface area contributed by atoms with E-state index in [1.54, 1.807) is 0 Å². The molecule has 0 amide bonds. The van der Waals surface area contributed by atoms with E-state index in [1.807, 2.05) is 6.07 Å². The Kier molecular flexibility index (Phi) is 5.86. The maximum atomic E-state index is 6.33. The highest BCUT2D eigenvalue weighted by atomic mass is 79.9. The molecule has 1 aromatic rings. The Balaban J connectivity index is 1.83. The van der Waals surface area contributed by atoms with Gasteiger partial charge in [-0.2, -0.15) is 0 Å². The van der Waals surface area contributed by atoms with Crippen molar-refractivity contribution in [3.63, 3.8) is 0 Å². The van der Waals surface area contributed by atoms with E-state index in [0.717, 1.165) is 23.4 Å². The normalized spacial score (nSPS) is 16.8. The highest BCUT2D eigenvalue weighted by Crippen LogP contribution is 2.30. The second-order valence-electron chi connectivity index (χ2n) is 5.66. The van der Waals surface area contributed by atoms with Crippen molar-refractivity contribution < 1.29 is 0 Å². The van der Waals surface area contributed by atoms with Crippen molar-refractivity contribution in [3.05, 3.63) is 34.3 Å². The summed E-state index contributed by atoms with van der Waals surface area (Å²) in [7, 11) is 0. The van der Waals surface area contributed by atoms with Gasteiger partial charge in [-0.15, -0.1) is 0 Å². The molecule has 1 atom stereocenters. The van der Waals surface area contributed by atoms with E-state index in [9.17, 15) is 0 Å². The molecule has 19 heavy (non-hydrogen) atoms. The van der Waals surface area contributed by atoms with Crippen LogP contribution in [-0.2, 0) is 0 Å². The first-order chi connectivity index (χ1) is 9.20. The molecule has 3 heteroatoms. The number of hydrogen-bond acceptors (Lipinski definition) is 2. The molecule has 0 bridgehead atoms. The van der Waals surface area contributed by atoms with Gasteiger partial charge in [0, 0.05) is 17.1 Å². The minimum Gasteiger partial charge on any atom is -0.324 e. The molecular weight excluding hydrogens is 300 g/mol. The van der Waals surface area contributed by atoms with Crippen LogP contribution in [0.2, 0.25) is 0 Å². The molecule has 1 aliphatic carbocycles. The third-order valence-corrected chi connectivity index (χ3v) is 4.54. The van der Waals surface area contributed by atoms with Crippen LogP contribution in [-0.4, -0.2) is 24.5 Å². The smallest absolute Gasteiger partial charge is 0.0318 e. The van der Waals surface area contributed by atoms with Crippen molar-refractivity contribution in [2.75, 3.05) is 19.6 Å². The topological polar surface area (TPSA) is 29.3 Å². The van der Waals surface area contributed by atoms with E-state index in [0.29, 0.717) is 0 Å². The zero-order valence-corrected chi connectivity index (χ0v) is 13.4. The number of halogens is 1. The quantitative estimate of drug-likeness (QED) is 0.784. The number of nitrogens with two attached hydrogens (primary N) is 1. The van der Waals surface area contributed by atoms with Crippen molar-refractivity contribution in [2.45, 2.75) is 38.6 Å². The van der Waals surface area contributed by atoms with E-state index in [2.05, 4.69) is 46.0 Å². The molecule has 0 saturated heterocycles. The second kappa shape index (κ2) is 7.41. The van der Waals surface area contributed by atoms with Gasteiger partial charge in [0.05, 0.1) is 0 Å². The molecule has 2 rings (SSSR count). The molecule has 0 radical (unpaired) electrons. The highest BCUT2D eigenvalue weighted by molar-refractivity contribution is 9.10. The monoisotopic (exact) mass is 324 g/mol. The van der Waals surface area contributed by atoms with Gasteiger partial charge in [-0.25, -0.2) is 0 Å². The van der Waals surface area contributed by atoms with E-state index < -0.39 is 0 Å². The van der Waals surface area contributed by atoms with Gasteiger partial charge in [0.1, 0.15) is 0 Å². The Morgan fingerprint density at radius 2 is 2.05 bits per heavy atom. The lowest BCUT2D eigenvalue weighted by atomic mass is 10.0. The summed E-state index contributed by atoms with van der Waals surface area (Å²) < 4.78 is 1.13. The maximum absolute atomic E-state index is 6.33. The van der Waals surface area contributed by atoms with Crippen molar-refractivity contribution in [1.82, 2.24) is 4.90 Å². The molecule has 1 aromatic carbocycles. The first-order valence-electron chi connectivity index (χ1n) is 7.43. The summed E-state index contributed by atoms with van der Waals surface area (Å²) in [6.07, 6.45) is 5.12. The van der Waals surface area contributed by atoms with Crippen molar-refractivity contribution in [1.29, 1.82) is 0 Å². The maximum Gasteiger partial charge on any atom is 0.0318 e. The fraction of sp³-hybridized carbons (Fsp3) is 0.625. The number of rotatable bonds is 8. The molecule has 1 saturated carbocycles. The molecule has 2 N–H and O–H groups in total. The van der Waals surface area contributed by atoms with Crippen LogP contribution in [0.3, 0.4) is 0 Å². The molecule has 1 unspecified atom stereocenters. The number of nitrogens with zero attached hydrogens (tertiary/aromatic N) is 1. The number of hydrogen-bond donors (Lipinski definition) is 1. The molecule has 1 aliphatic rings. The largest absolute Gasteiger partial charge is 0.324 e. The Morgan fingerprint density at radius 1 is 1.32 bits per heavy atom. The van der Waals surface area contributed by atoms with Gasteiger partial charge in [-0.1, -0.05) is 41.1 Å². The minimum absolute atomic E-state index is 0.133. The fourth-order valence-corrected chi connectivity index (χ4v) is 3.11. The predicted octanol–water partition coefficient (Wildman–Crippen LogP) is 3.96. The summed E-state index contributed by atoms with van der Waals surface area (Å²) in [5.74, 6) is 0.964. The first-order valence-corrected chi connectivity index (χ1v) is 8.22. The zero-order chi connectivity index (χ0) is 13.7. The van der Waals surface area contributed by atoms with Crippen LogP contribution in [0, 0.1) is 5.92 Å². The molecule has 106 valence electrons. The van der Waals surface area contributed by atoms with Gasteiger partial charge in [0.2, 0.25) is 0 Å². The van der Waals surface area contributed by atoms with Crippen LogP contribution in [0.25, 0.3) is 0 Å². The highest BCUT2D eigenvalue weighted by Gasteiger charge is 2.24. The standard InChI is InChI=1S/C16H25BrN2/c1-2-10-19(12-13-7-8-13)11-9-16(18)14-5-3-4-6-15(14)17/h3-6,13,16H,2,7-12,18H2,1H3. The van der Waals surface area contributed by atoms with Crippen molar-refractivity contribution >= 4 is 15.9 Å².